The first kappa shape index (κ1) is 6.81. The number of allylic oxidation sites excluding steroid dienone is 2. The number of rotatable bonds is 3. The van der Waals surface area contributed by atoms with Gasteiger partial charge in [-0.1, -0.05) is 12.2 Å². The number of hydrogen-bond donors (Lipinski definition) is 1. The highest BCUT2D eigenvalue weighted by Crippen LogP contribution is 2.41. The van der Waals surface area contributed by atoms with E-state index in [9.17, 15) is 0 Å². The van der Waals surface area contributed by atoms with Crippen LogP contribution in [0.5, 0.6) is 0 Å². The monoisotopic (exact) mass is 126 g/mol. The average molecular weight is 126 g/mol. The van der Waals surface area contributed by atoms with Crippen LogP contribution >= 0.6 is 0 Å². The van der Waals surface area contributed by atoms with E-state index in [2.05, 4.69) is 12.2 Å². The van der Waals surface area contributed by atoms with Crippen LogP contribution in [0.4, 0.5) is 0 Å². The van der Waals surface area contributed by atoms with Crippen molar-refractivity contribution < 1.29 is 5.11 Å². The largest absolute Gasteiger partial charge is 0.396 e. The fourth-order valence-corrected chi connectivity index (χ4v) is 1.25. The molecule has 1 fully saturated rings. The molecule has 52 valence electrons. The Hall–Kier alpha value is -0.300. The molecule has 0 aliphatic heterocycles. The summed E-state index contributed by atoms with van der Waals surface area (Å²) in [5, 5.41) is 8.54. The van der Waals surface area contributed by atoms with Gasteiger partial charge in [-0.25, -0.2) is 0 Å². The average Bonchev–Trinajstić information content (AvgIpc) is 2.50. The lowest BCUT2D eigenvalue weighted by Gasteiger charge is -1.88. The third-order valence-corrected chi connectivity index (χ3v) is 1.92. The fourth-order valence-electron chi connectivity index (χ4n) is 1.25. The molecular weight excluding hydrogens is 112 g/mol. The molecule has 9 heavy (non-hydrogen) atoms. The summed E-state index contributed by atoms with van der Waals surface area (Å²) in [6, 6.07) is 0. The molecule has 1 N–H and O–H groups in total. The Labute approximate surface area is 56.4 Å². The van der Waals surface area contributed by atoms with Crippen molar-refractivity contribution in [3.05, 3.63) is 12.2 Å². The molecule has 1 aliphatic rings. The van der Waals surface area contributed by atoms with Gasteiger partial charge < -0.3 is 5.11 Å². The van der Waals surface area contributed by atoms with Crippen LogP contribution < -0.4 is 0 Å². The standard InChI is InChI=1S/C8H14O/c1-2-3-7-6-8(7)4-5-9/h2-3,7-9H,4-6H2,1H3/b3-2+/t7-,8+/m1/s1. The number of aliphatic hydroxyl groups excluding tert-OH is 1. The topological polar surface area (TPSA) is 20.2 Å². The van der Waals surface area contributed by atoms with Crippen molar-refractivity contribution in [2.75, 3.05) is 6.61 Å². The first-order chi connectivity index (χ1) is 4.38. The Kier molecular flexibility index (Phi) is 2.29. The van der Waals surface area contributed by atoms with Gasteiger partial charge in [0.15, 0.2) is 0 Å². The smallest absolute Gasteiger partial charge is 0.0433 e. The van der Waals surface area contributed by atoms with E-state index in [-0.39, 0.29) is 0 Å². The maximum absolute atomic E-state index is 8.54. The van der Waals surface area contributed by atoms with Gasteiger partial charge in [-0.05, 0) is 31.6 Å². The van der Waals surface area contributed by atoms with Gasteiger partial charge in [0.05, 0.1) is 0 Å². The van der Waals surface area contributed by atoms with Gasteiger partial charge in [-0.15, -0.1) is 0 Å². The number of aliphatic hydroxyl groups is 1. The maximum atomic E-state index is 8.54. The second kappa shape index (κ2) is 3.02. The molecule has 0 saturated heterocycles. The molecule has 0 radical (unpaired) electrons. The summed E-state index contributed by atoms with van der Waals surface area (Å²) in [4.78, 5) is 0. The Morgan fingerprint density at radius 3 is 3.00 bits per heavy atom. The highest BCUT2D eigenvalue weighted by molar-refractivity contribution is 5.00. The second-order valence-corrected chi connectivity index (χ2v) is 2.70. The third kappa shape index (κ3) is 1.83. The maximum Gasteiger partial charge on any atom is 0.0433 e. The van der Waals surface area contributed by atoms with Crippen LogP contribution in [0.15, 0.2) is 12.2 Å². The van der Waals surface area contributed by atoms with Gasteiger partial charge in [0.2, 0.25) is 0 Å². The Bertz CT molecular complexity index is 107. The van der Waals surface area contributed by atoms with E-state index in [1.807, 2.05) is 6.92 Å². The highest BCUT2D eigenvalue weighted by Gasteiger charge is 2.33. The van der Waals surface area contributed by atoms with E-state index in [4.69, 9.17) is 5.11 Å². The predicted octanol–water partition coefficient (Wildman–Crippen LogP) is 1.58. The molecule has 0 aromatic heterocycles. The highest BCUT2D eigenvalue weighted by atomic mass is 16.3. The molecule has 0 aromatic rings. The Morgan fingerprint density at radius 2 is 2.44 bits per heavy atom. The van der Waals surface area contributed by atoms with E-state index in [0.717, 1.165) is 18.3 Å². The molecule has 0 bridgehead atoms. The van der Waals surface area contributed by atoms with Gasteiger partial charge in [-0.3, -0.25) is 0 Å². The predicted molar refractivity (Wildman–Crippen MR) is 38.1 cm³/mol. The first-order valence-electron chi connectivity index (χ1n) is 3.62. The lowest BCUT2D eigenvalue weighted by atomic mass is 10.2. The summed E-state index contributed by atoms with van der Waals surface area (Å²) in [6.07, 6.45) is 6.63. The van der Waals surface area contributed by atoms with Gasteiger partial charge in [0, 0.05) is 6.61 Å². The van der Waals surface area contributed by atoms with Crippen LogP contribution in [-0.2, 0) is 0 Å². The first-order valence-corrected chi connectivity index (χ1v) is 3.62. The van der Waals surface area contributed by atoms with Gasteiger partial charge in [0.25, 0.3) is 0 Å². The van der Waals surface area contributed by atoms with E-state index in [1.54, 1.807) is 0 Å². The van der Waals surface area contributed by atoms with Gasteiger partial charge in [-0.2, -0.15) is 0 Å². The van der Waals surface area contributed by atoms with Crippen molar-refractivity contribution in [3.63, 3.8) is 0 Å². The molecule has 0 unspecified atom stereocenters. The fraction of sp³-hybridized carbons (Fsp3) is 0.750. The van der Waals surface area contributed by atoms with Gasteiger partial charge >= 0.3 is 0 Å². The third-order valence-electron chi connectivity index (χ3n) is 1.92. The molecule has 0 amide bonds. The van der Waals surface area contributed by atoms with Crippen molar-refractivity contribution >= 4 is 0 Å². The quantitative estimate of drug-likeness (QED) is 0.569. The van der Waals surface area contributed by atoms with E-state index >= 15 is 0 Å². The second-order valence-electron chi connectivity index (χ2n) is 2.70. The van der Waals surface area contributed by atoms with Crippen molar-refractivity contribution in [3.8, 4) is 0 Å². The lowest BCUT2D eigenvalue weighted by molar-refractivity contribution is 0.278. The molecule has 1 heteroatoms. The molecule has 0 spiro atoms. The lowest BCUT2D eigenvalue weighted by Crippen LogP contribution is -1.84. The van der Waals surface area contributed by atoms with Crippen molar-refractivity contribution in [2.45, 2.75) is 19.8 Å². The minimum atomic E-state index is 0.360. The van der Waals surface area contributed by atoms with Crippen molar-refractivity contribution in [1.29, 1.82) is 0 Å². The summed E-state index contributed by atoms with van der Waals surface area (Å²) in [5.74, 6) is 1.59. The zero-order valence-electron chi connectivity index (χ0n) is 5.88. The molecule has 2 atom stereocenters. The molecule has 0 aromatic carbocycles. The van der Waals surface area contributed by atoms with Crippen molar-refractivity contribution in [1.82, 2.24) is 0 Å². The summed E-state index contributed by atoms with van der Waals surface area (Å²) in [5.41, 5.74) is 0. The van der Waals surface area contributed by atoms with Crippen LogP contribution in [0, 0.1) is 11.8 Å². The number of hydrogen-bond acceptors (Lipinski definition) is 1. The van der Waals surface area contributed by atoms with Crippen LogP contribution in [0.2, 0.25) is 0 Å². The zero-order valence-corrected chi connectivity index (χ0v) is 5.88. The minimum Gasteiger partial charge on any atom is -0.396 e. The van der Waals surface area contributed by atoms with Crippen LogP contribution in [-0.4, -0.2) is 11.7 Å². The SMILES string of the molecule is C/C=C/[C@@H]1C[C@@H]1CCO. The van der Waals surface area contributed by atoms with Crippen LogP contribution in [0.25, 0.3) is 0 Å². The van der Waals surface area contributed by atoms with Crippen LogP contribution in [0.3, 0.4) is 0 Å². The van der Waals surface area contributed by atoms with E-state index in [1.165, 1.54) is 6.42 Å². The zero-order chi connectivity index (χ0) is 6.69. The summed E-state index contributed by atoms with van der Waals surface area (Å²) in [7, 11) is 0. The molecule has 1 saturated carbocycles. The molecule has 1 rings (SSSR count). The molecular formula is C8H14O. The Morgan fingerprint density at radius 1 is 1.67 bits per heavy atom. The summed E-state index contributed by atoms with van der Waals surface area (Å²) >= 11 is 0. The van der Waals surface area contributed by atoms with Crippen molar-refractivity contribution in [2.24, 2.45) is 11.8 Å². The summed E-state index contributed by atoms with van der Waals surface area (Å²) < 4.78 is 0. The molecule has 1 aliphatic carbocycles. The van der Waals surface area contributed by atoms with E-state index < -0.39 is 0 Å². The normalized spacial score (nSPS) is 33.6. The van der Waals surface area contributed by atoms with Gasteiger partial charge in [0.1, 0.15) is 0 Å². The molecule has 1 nitrogen and oxygen atoms in total. The van der Waals surface area contributed by atoms with Crippen LogP contribution in [0.1, 0.15) is 19.8 Å². The van der Waals surface area contributed by atoms with E-state index in [0.29, 0.717) is 6.61 Å². The molecule has 0 heterocycles. The minimum absolute atomic E-state index is 0.360. The summed E-state index contributed by atoms with van der Waals surface area (Å²) in [6.45, 7) is 2.41. The Balaban J connectivity index is 2.09.